The van der Waals surface area contributed by atoms with E-state index in [1.165, 1.54) is 6.07 Å². The van der Waals surface area contributed by atoms with Crippen LogP contribution in [0.25, 0.3) is 22.6 Å². The number of carbonyl (C=O) groups is 1. The van der Waals surface area contributed by atoms with Gasteiger partial charge < -0.3 is 14.8 Å². The van der Waals surface area contributed by atoms with E-state index in [4.69, 9.17) is 4.42 Å². The average molecular weight is 338 g/mol. The maximum absolute atomic E-state index is 12.0. The lowest BCUT2D eigenvalue weighted by atomic mass is 10.1. The molecule has 0 radical (unpaired) electrons. The van der Waals surface area contributed by atoms with Crippen molar-refractivity contribution in [1.82, 2.24) is 4.98 Å². The van der Waals surface area contributed by atoms with Gasteiger partial charge in [-0.2, -0.15) is 0 Å². The first-order valence-electron chi connectivity index (χ1n) is 8.57. The number of aryl methyl sites for hydroxylation is 1. The highest BCUT2D eigenvalue weighted by molar-refractivity contribution is 5.91. The van der Waals surface area contributed by atoms with Gasteiger partial charge in [-0.3, -0.25) is 4.79 Å². The number of nitrogens with one attached hydrogen (secondary N) is 1. The minimum atomic E-state index is -0.0294. The molecular weight excluding hydrogens is 316 g/mol. The van der Waals surface area contributed by atoms with Crippen LogP contribution in [0.15, 0.2) is 40.8 Å². The number of unbranched alkanes of at least 4 members (excludes halogenated alkanes) is 2. The van der Waals surface area contributed by atoms with E-state index >= 15 is 0 Å². The predicted molar refractivity (Wildman–Crippen MR) is 98.6 cm³/mol. The molecule has 0 aliphatic rings. The fourth-order valence-corrected chi connectivity index (χ4v) is 2.70. The average Bonchev–Trinajstić information content (AvgIpc) is 2.99. The quantitative estimate of drug-likeness (QED) is 0.488. The van der Waals surface area contributed by atoms with Gasteiger partial charge in [0.25, 0.3) is 0 Å². The molecule has 0 bridgehead atoms. The van der Waals surface area contributed by atoms with Crippen molar-refractivity contribution >= 4 is 22.7 Å². The van der Waals surface area contributed by atoms with Gasteiger partial charge >= 0.3 is 0 Å². The zero-order chi connectivity index (χ0) is 17.8. The van der Waals surface area contributed by atoms with Crippen LogP contribution in [0.4, 0.5) is 5.69 Å². The fourth-order valence-electron chi connectivity index (χ4n) is 2.70. The lowest BCUT2D eigenvalue weighted by molar-refractivity contribution is -0.116. The Morgan fingerprint density at radius 1 is 1.20 bits per heavy atom. The first kappa shape index (κ1) is 17.0. The van der Waals surface area contributed by atoms with Crippen molar-refractivity contribution in [3.05, 3.63) is 42.0 Å². The number of aromatic nitrogens is 1. The monoisotopic (exact) mass is 338 g/mol. The van der Waals surface area contributed by atoms with Crippen LogP contribution in [-0.2, 0) is 4.79 Å². The topological polar surface area (TPSA) is 75.4 Å². The zero-order valence-electron chi connectivity index (χ0n) is 14.5. The Hall–Kier alpha value is -2.82. The molecule has 0 saturated carbocycles. The van der Waals surface area contributed by atoms with Crippen molar-refractivity contribution in [2.45, 2.75) is 39.5 Å². The molecule has 130 valence electrons. The molecule has 1 amide bonds. The molecule has 1 aromatic heterocycles. The maximum Gasteiger partial charge on any atom is 0.231 e. The third-order valence-corrected chi connectivity index (χ3v) is 4.06. The Kier molecular flexibility index (Phi) is 5.03. The summed E-state index contributed by atoms with van der Waals surface area (Å²) >= 11 is 0. The van der Waals surface area contributed by atoms with E-state index in [9.17, 15) is 9.90 Å². The molecule has 0 fully saturated rings. The number of rotatable bonds is 6. The molecule has 2 N–H and O–H groups in total. The Morgan fingerprint density at radius 2 is 2.04 bits per heavy atom. The zero-order valence-corrected chi connectivity index (χ0v) is 14.5. The third kappa shape index (κ3) is 3.99. The third-order valence-electron chi connectivity index (χ3n) is 4.06. The van der Waals surface area contributed by atoms with Gasteiger partial charge in [-0.25, -0.2) is 4.98 Å². The number of fused-ring (bicyclic) bond motifs is 1. The van der Waals surface area contributed by atoms with Crippen LogP contribution in [-0.4, -0.2) is 16.0 Å². The smallest absolute Gasteiger partial charge is 0.231 e. The maximum atomic E-state index is 12.0. The lowest BCUT2D eigenvalue weighted by Gasteiger charge is -2.07. The van der Waals surface area contributed by atoms with Gasteiger partial charge in [-0.1, -0.05) is 25.8 Å². The van der Waals surface area contributed by atoms with E-state index in [2.05, 4.69) is 17.2 Å². The van der Waals surface area contributed by atoms with Gasteiger partial charge in [-0.05, 0) is 49.2 Å². The molecule has 0 aliphatic heterocycles. The summed E-state index contributed by atoms with van der Waals surface area (Å²) in [5.74, 6) is 0.366. The van der Waals surface area contributed by atoms with E-state index in [1.54, 1.807) is 12.1 Å². The summed E-state index contributed by atoms with van der Waals surface area (Å²) in [6.07, 6.45) is 3.48. The summed E-state index contributed by atoms with van der Waals surface area (Å²) in [4.78, 5) is 16.4. The van der Waals surface area contributed by atoms with Crippen LogP contribution in [0.5, 0.6) is 5.75 Å². The highest BCUT2D eigenvalue weighted by atomic mass is 16.3. The van der Waals surface area contributed by atoms with Crippen LogP contribution in [0, 0.1) is 6.92 Å². The molecule has 25 heavy (non-hydrogen) atoms. The second-order valence-electron chi connectivity index (χ2n) is 6.23. The standard InChI is InChI=1S/C20H22N2O3/c1-3-4-5-6-19(24)21-14-8-9-17(23)15(12-14)20-22-16-11-13(2)7-10-18(16)25-20/h7-12,23H,3-6H2,1-2H3,(H,21,24). The molecule has 0 saturated heterocycles. The summed E-state index contributed by atoms with van der Waals surface area (Å²) in [6, 6.07) is 10.6. The number of nitrogens with zero attached hydrogens (tertiary/aromatic N) is 1. The molecule has 2 aromatic carbocycles. The van der Waals surface area contributed by atoms with Crippen LogP contribution < -0.4 is 5.32 Å². The minimum absolute atomic E-state index is 0.0294. The van der Waals surface area contributed by atoms with Crippen molar-refractivity contribution in [2.75, 3.05) is 5.32 Å². The summed E-state index contributed by atoms with van der Waals surface area (Å²) in [5, 5.41) is 13.0. The number of aromatic hydroxyl groups is 1. The predicted octanol–water partition coefficient (Wildman–Crippen LogP) is 5.03. The Balaban J connectivity index is 1.84. The number of oxazole rings is 1. The number of hydrogen-bond donors (Lipinski definition) is 2. The Morgan fingerprint density at radius 3 is 2.84 bits per heavy atom. The molecular formula is C20H22N2O3. The number of benzene rings is 2. The second-order valence-corrected chi connectivity index (χ2v) is 6.23. The van der Waals surface area contributed by atoms with Gasteiger partial charge in [0.05, 0.1) is 5.56 Å². The number of carbonyl (C=O) groups excluding carboxylic acids is 1. The summed E-state index contributed by atoms with van der Waals surface area (Å²) in [5.41, 5.74) is 3.56. The minimum Gasteiger partial charge on any atom is -0.507 e. The molecule has 0 unspecified atom stereocenters. The molecule has 3 rings (SSSR count). The highest BCUT2D eigenvalue weighted by Gasteiger charge is 2.14. The van der Waals surface area contributed by atoms with Gasteiger partial charge in [-0.15, -0.1) is 0 Å². The largest absolute Gasteiger partial charge is 0.507 e. The fraction of sp³-hybridized carbons (Fsp3) is 0.300. The Bertz CT molecular complexity index is 899. The molecule has 1 heterocycles. The summed E-state index contributed by atoms with van der Waals surface area (Å²) < 4.78 is 5.75. The first-order chi connectivity index (χ1) is 12.1. The van der Waals surface area contributed by atoms with Crippen molar-refractivity contribution < 1.29 is 14.3 Å². The van der Waals surface area contributed by atoms with Gasteiger partial charge in [0.2, 0.25) is 11.8 Å². The summed E-state index contributed by atoms with van der Waals surface area (Å²) in [6.45, 7) is 4.09. The molecule has 0 atom stereocenters. The first-order valence-corrected chi connectivity index (χ1v) is 8.57. The van der Waals surface area contributed by atoms with Crippen molar-refractivity contribution in [3.8, 4) is 17.2 Å². The van der Waals surface area contributed by atoms with E-state index in [0.717, 1.165) is 30.3 Å². The number of hydrogen-bond acceptors (Lipinski definition) is 4. The number of phenolic OH excluding ortho intramolecular Hbond substituents is 1. The van der Waals surface area contributed by atoms with Crippen molar-refractivity contribution in [2.24, 2.45) is 0 Å². The lowest BCUT2D eigenvalue weighted by Crippen LogP contribution is -2.11. The number of amides is 1. The van der Waals surface area contributed by atoms with Crippen LogP contribution in [0.1, 0.15) is 38.2 Å². The number of phenols is 1. The van der Waals surface area contributed by atoms with E-state index in [0.29, 0.717) is 29.1 Å². The normalized spacial score (nSPS) is 11.0. The van der Waals surface area contributed by atoms with Crippen LogP contribution in [0.2, 0.25) is 0 Å². The van der Waals surface area contributed by atoms with Crippen LogP contribution in [0.3, 0.4) is 0 Å². The molecule has 5 nitrogen and oxygen atoms in total. The molecule has 5 heteroatoms. The Labute approximate surface area is 146 Å². The number of anilines is 1. The van der Waals surface area contributed by atoms with E-state index in [1.807, 2.05) is 25.1 Å². The van der Waals surface area contributed by atoms with Crippen molar-refractivity contribution in [1.29, 1.82) is 0 Å². The second kappa shape index (κ2) is 7.38. The highest BCUT2D eigenvalue weighted by Crippen LogP contribution is 2.33. The van der Waals surface area contributed by atoms with Crippen LogP contribution >= 0.6 is 0 Å². The van der Waals surface area contributed by atoms with E-state index in [-0.39, 0.29) is 11.7 Å². The van der Waals surface area contributed by atoms with Gasteiger partial charge in [0.15, 0.2) is 5.58 Å². The molecule has 0 aliphatic carbocycles. The summed E-state index contributed by atoms with van der Waals surface area (Å²) in [7, 11) is 0. The van der Waals surface area contributed by atoms with Gasteiger partial charge in [0.1, 0.15) is 11.3 Å². The van der Waals surface area contributed by atoms with E-state index < -0.39 is 0 Å². The van der Waals surface area contributed by atoms with Crippen molar-refractivity contribution in [3.63, 3.8) is 0 Å². The SMILES string of the molecule is CCCCCC(=O)Nc1ccc(O)c(-c2nc3cc(C)ccc3o2)c1. The molecule has 0 spiro atoms. The van der Waals surface area contributed by atoms with Gasteiger partial charge in [0, 0.05) is 12.1 Å². The molecule has 3 aromatic rings.